The van der Waals surface area contributed by atoms with Crippen molar-refractivity contribution in [2.24, 2.45) is 0 Å². The van der Waals surface area contributed by atoms with Gasteiger partial charge in [-0.25, -0.2) is 0 Å². The summed E-state index contributed by atoms with van der Waals surface area (Å²) in [7, 11) is 3.21. The minimum absolute atomic E-state index is 0. The molecule has 136 valence electrons. The first-order valence-corrected chi connectivity index (χ1v) is 7.85. The highest BCUT2D eigenvalue weighted by molar-refractivity contribution is 5.85. The van der Waals surface area contributed by atoms with Crippen molar-refractivity contribution in [3.05, 3.63) is 23.3 Å². The summed E-state index contributed by atoms with van der Waals surface area (Å²) >= 11 is 0. The first kappa shape index (κ1) is 20.5. The SMILES string of the molecule is COc1cc(C)c(C(C)NC(=O)[C@H]2NCCO[C@@H]2C)cc1OC.Cl. The van der Waals surface area contributed by atoms with Crippen LogP contribution in [0.3, 0.4) is 0 Å². The molecule has 1 aromatic carbocycles. The summed E-state index contributed by atoms with van der Waals surface area (Å²) in [6.45, 7) is 7.18. The number of hydrogen-bond donors (Lipinski definition) is 2. The molecule has 1 fully saturated rings. The molecule has 0 aliphatic carbocycles. The van der Waals surface area contributed by atoms with E-state index in [1.165, 1.54) is 0 Å². The number of rotatable bonds is 5. The molecule has 1 aliphatic rings. The second-order valence-corrected chi connectivity index (χ2v) is 5.80. The van der Waals surface area contributed by atoms with Crippen LogP contribution in [-0.4, -0.2) is 45.4 Å². The fourth-order valence-corrected chi connectivity index (χ4v) is 2.87. The molecule has 1 aliphatic heterocycles. The Kier molecular flexibility index (Phi) is 7.79. The molecule has 7 heteroatoms. The quantitative estimate of drug-likeness (QED) is 0.842. The second kappa shape index (κ2) is 9.11. The second-order valence-electron chi connectivity index (χ2n) is 5.80. The van der Waals surface area contributed by atoms with Gasteiger partial charge in [0.05, 0.1) is 33.0 Å². The smallest absolute Gasteiger partial charge is 0.240 e. The Morgan fingerprint density at radius 2 is 1.96 bits per heavy atom. The van der Waals surface area contributed by atoms with E-state index in [-0.39, 0.29) is 36.5 Å². The number of benzene rings is 1. The van der Waals surface area contributed by atoms with Gasteiger partial charge in [0.2, 0.25) is 5.91 Å². The Hall–Kier alpha value is -1.50. The predicted molar refractivity (Wildman–Crippen MR) is 95.3 cm³/mol. The van der Waals surface area contributed by atoms with Crippen molar-refractivity contribution >= 4 is 18.3 Å². The topological polar surface area (TPSA) is 68.8 Å². The molecule has 2 N–H and O–H groups in total. The van der Waals surface area contributed by atoms with Gasteiger partial charge >= 0.3 is 0 Å². The van der Waals surface area contributed by atoms with E-state index in [1.54, 1.807) is 14.2 Å². The highest BCUT2D eigenvalue weighted by Crippen LogP contribution is 2.32. The van der Waals surface area contributed by atoms with Gasteiger partial charge < -0.3 is 24.8 Å². The fourth-order valence-electron chi connectivity index (χ4n) is 2.87. The van der Waals surface area contributed by atoms with E-state index >= 15 is 0 Å². The minimum atomic E-state index is -0.327. The molecule has 6 nitrogen and oxygen atoms in total. The van der Waals surface area contributed by atoms with Crippen LogP contribution in [-0.2, 0) is 9.53 Å². The molecule has 1 saturated heterocycles. The van der Waals surface area contributed by atoms with Crippen LogP contribution in [0.25, 0.3) is 0 Å². The number of hydrogen-bond acceptors (Lipinski definition) is 5. The molecule has 1 heterocycles. The lowest BCUT2D eigenvalue weighted by atomic mass is 10.0. The van der Waals surface area contributed by atoms with Crippen LogP contribution in [0.15, 0.2) is 12.1 Å². The molecule has 0 aromatic heterocycles. The maximum absolute atomic E-state index is 12.5. The van der Waals surface area contributed by atoms with E-state index < -0.39 is 0 Å². The number of carbonyl (C=O) groups is 1. The number of aryl methyl sites for hydroxylation is 1. The lowest BCUT2D eigenvalue weighted by Crippen LogP contribution is -2.55. The summed E-state index contributed by atoms with van der Waals surface area (Å²) in [6.07, 6.45) is -0.137. The molecular formula is C17H27ClN2O4. The largest absolute Gasteiger partial charge is 0.493 e. The van der Waals surface area contributed by atoms with Crippen molar-refractivity contribution in [1.82, 2.24) is 10.6 Å². The van der Waals surface area contributed by atoms with Crippen molar-refractivity contribution in [2.75, 3.05) is 27.4 Å². The average molecular weight is 359 g/mol. The van der Waals surface area contributed by atoms with Crippen molar-refractivity contribution < 1.29 is 19.0 Å². The van der Waals surface area contributed by atoms with E-state index in [9.17, 15) is 4.79 Å². The maximum Gasteiger partial charge on any atom is 0.240 e. The number of amides is 1. The summed E-state index contributed by atoms with van der Waals surface area (Å²) in [6, 6.07) is 3.36. The Balaban J connectivity index is 0.00000288. The molecule has 3 atom stereocenters. The van der Waals surface area contributed by atoms with Gasteiger partial charge in [-0.15, -0.1) is 12.4 Å². The third-order valence-electron chi connectivity index (χ3n) is 4.20. The Morgan fingerprint density at radius 1 is 1.33 bits per heavy atom. The van der Waals surface area contributed by atoms with Crippen LogP contribution in [0.1, 0.15) is 31.0 Å². The van der Waals surface area contributed by atoms with Crippen LogP contribution in [0.5, 0.6) is 11.5 Å². The van der Waals surface area contributed by atoms with E-state index in [0.29, 0.717) is 24.7 Å². The normalized spacial score (nSPS) is 21.4. The van der Waals surface area contributed by atoms with Gasteiger partial charge in [0.1, 0.15) is 6.04 Å². The molecule has 0 saturated carbocycles. The van der Waals surface area contributed by atoms with Gasteiger partial charge in [-0.2, -0.15) is 0 Å². The Morgan fingerprint density at radius 3 is 2.54 bits per heavy atom. The Bertz CT molecular complexity index is 568. The number of morpholine rings is 1. The molecular weight excluding hydrogens is 332 g/mol. The number of nitrogens with one attached hydrogen (secondary N) is 2. The van der Waals surface area contributed by atoms with Crippen LogP contribution in [0, 0.1) is 6.92 Å². The third kappa shape index (κ3) is 4.53. The lowest BCUT2D eigenvalue weighted by molar-refractivity contribution is -0.129. The Labute approximate surface area is 149 Å². The van der Waals surface area contributed by atoms with Gasteiger partial charge in [0.25, 0.3) is 0 Å². The standard InChI is InChI=1S/C17H26N2O4.ClH/c1-10-8-14(21-4)15(22-5)9-13(10)11(2)19-17(20)16-12(3)23-7-6-18-16;/h8-9,11-12,16,18H,6-7H2,1-5H3,(H,19,20);1H/t11?,12-,16+;/m1./s1. The lowest BCUT2D eigenvalue weighted by Gasteiger charge is -2.30. The van der Waals surface area contributed by atoms with Crippen LogP contribution in [0.4, 0.5) is 0 Å². The summed E-state index contributed by atoms with van der Waals surface area (Å²) in [5.41, 5.74) is 2.04. The minimum Gasteiger partial charge on any atom is -0.493 e. The number of ether oxygens (including phenoxy) is 3. The number of halogens is 1. The van der Waals surface area contributed by atoms with Crippen LogP contribution in [0.2, 0.25) is 0 Å². The zero-order valence-corrected chi connectivity index (χ0v) is 15.7. The maximum atomic E-state index is 12.5. The molecule has 0 radical (unpaired) electrons. The highest BCUT2D eigenvalue weighted by Gasteiger charge is 2.29. The highest BCUT2D eigenvalue weighted by atomic mass is 35.5. The van der Waals surface area contributed by atoms with Crippen molar-refractivity contribution in [2.45, 2.75) is 39.0 Å². The average Bonchev–Trinajstić information content (AvgIpc) is 2.54. The van der Waals surface area contributed by atoms with Gasteiger partial charge in [-0.1, -0.05) is 0 Å². The molecule has 1 unspecified atom stereocenters. The molecule has 1 amide bonds. The fraction of sp³-hybridized carbons (Fsp3) is 0.588. The van der Waals surface area contributed by atoms with Gasteiger partial charge in [-0.05, 0) is 44.0 Å². The van der Waals surface area contributed by atoms with Crippen molar-refractivity contribution in [1.29, 1.82) is 0 Å². The number of carbonyl (C=O) groups excluding carboxylic acids is 1. The third-order valence-corrected chi connectivity index (χ3v) is 4.20. The van der Waals surface area contributed by atoms with Crippen LogP contribution < -0.4 is 20.1 Å². The summed E-state index contributed by atoms with van der Waals surface area (Å²) in [5, 5.41) is 6.25. The molecule has 24 heavy (non-hydrogen) atoms. The molecule has 1 aromatic rings. The van der Waals surface area contributed by atoms with E-state index in [4.69, 9.17) is 14.2 Å². The number of methoxy groups -OCH3 is 2. The van der Waals surface area contributed by atoms with Crippen molar-refractivity contribution in [3.63, 3.8) is 0 Å². The molecule has 2 rings (SSSR count). The predicted octanol–water partition coefficient (Wildman–Crippen LogP) is 1.99. The van der Waals surface area contributed by atoms with Crippen LogP contribution >= 0.6 is 12.4 Å². The summed E-state index contributed by atoms with van der Waals surface area (Å²) in [4.78, 5) is 12.5. The first-order valence-electron chi connectivity index (χ1n) is 7.85. The van der Waals surface area contributed by atoms with E-state index in [2.05, 4.69) is 10.6 Å². The van der Waals surface area contributed by atoms with Gasteiger partial charge in [0.15, 0.2) is 11.5 Å². The molecule has 0 bridgehead atoms. The molecule has 0 spiro atoms. The monoisotopic (exact) mass is 358 g/mol. The van der Waals surface area contributed by atoms with E-state index in [0.717, 1.165) is 11.1 Å². The van der Waals surface area contributed by atoms with Gasteiger partial charge in [-0.3, -0.25) is 4.79 Å². The summed E-state index contributed by atoms with van der Waals surface area (Å²) in [5.74, 6) is 1.28. The summed E-state index contributed by atoms with van der Waals surface area (Å²) < 4.78 is 16.2. The van der Waals surface area contributed by atoms with E-state index in [1.807, 2.05) is 32.9 Å². The van der Waals surface area contributed by atoms with Crippen molar-refractivity contribution in [3.8, 4) is 11.5 Å². The van der Waals surface area contributed by atoms with Gasteiger partial charge in [0, 0.05) is 6.54 Å². The first-order chi connectivity index (χ1) is 11.0. The zero-order valence-electron chi connectivity index (χ0n) is 14.8. The zero-order chi connectivity index (χ0) is 17.0.